The van der Waals surface area contributed by atoms with Crippen molar-refractivity contribution in [1.82, 2.24) is 25.5 Å². The first kappa shape index (κ1) is 18.3. The molecule has 1 saturated carbocycles. The third kappa shape index (κ3) is 3.19. The number of nitrogens with zero attached hydrogens (tertiary/aromatic N) is 5. The summed E-state index contributed by atoms with van der Waals surface area (Å²) in [5, 5.41) is 10.4. The number of halogens is 1. The third-order valence-corrected chi connectivity index (χ3v) is 5.46. The molecule has 10 heteroatoms. The Bertz CT molecular complexity index is 1130. The second-order valence-corrected chi connectivity index (χ2v) is 7.42. The Hall–Kier alpha value is -3.69. The molecule has 3 heterocycles. The van der Waals surface area contributed by atoms with E-state index in [2.05, 4.69) is 25.5 Å². The van der Waals surface area contributed by atoms with Crippen molar-refractivity contribution in [2.45, 2.75) is 24.8 Å². The molecule has 1 aliphatic heterocycles. The van der Waals surface area contributed by atoms with Gasteiger partial charge in [-0.15, -0.1) is 10.2 Å². The fourth-order valence-electron chi connectivity index (χ4n) is 3.82. The lowest BCUT2D eigenvalue weighted by Crippen LogP contribution is -2.48. The summed E-state index contributed by atoms with van der Waals surface area (Å²) in [6.45, 7) is 0. The third-order valence-electron chi connectivity index (χ3n) is 5.46. The van der Waals surface area contributed by atoms with E-state index in [1.165, 1.54) is 17.0 Å². The Morgan fingerprint density at radius 2 is 2.00 bits per heavy atom. The minimum Gasteiger partial charge on any atom is -0.417 e. The Balaban J connectivity index is 1.31. The van der Waals surface area contributed by atoms with Gasteiger partial charge in [-0.3, -0.25) is 19.5 Å². The van der Waals surface area contributed by atoms with Gasteiger partial charge in [0.25, 0.3) is 5.91 Å². The minimum atomic E-state index is -0.726. The van der Waals surface area contributed by atoms with Crippen molar-refractivity contribution in [3.63, 3.8) is 0 Å². The van der Waals surface area contributed by atoms with E-state index in [-0.39, 0.29) is 41.8 Å². The van der Waals surface area contributed by atoms with Crippen molar-refractivity contribution in [3.8, 4) is 0 Å². The molecule has 5 rings (SSSR count). The summed E-state index contributed by atoms with van der Waals surface area (Å²) < 4.78 is 18.5. The van der Waals surface area contributed by atoms with Gasteiger partial charge >= 0.3 is 11.8 Å². The number of rotatable bonds is 4. The van der Waals surface area contributed by atoms with Crippen LogP contribution in [0.2, 0.25) is 0 Å². The molecule has 2 aliphatic rings. The predicted octanol–water partition coefficient (Wildman–Crippen LogP) is 1.47. The highest BCUT2D eigenvalue weighted by atomic mass is 19.1. The van der Waals surface area contributed by atoms with Gasteiger partial charge in [-0.1, -0.05) is 12.1 Å². The smallest absolute Gasteiger partial charge is 0.309 e. The molecule has 30 heavy (non-hydrogen) atoms. The van der Waals surface area contributed by atoms with Gasteiger partial charge in [0.05, 0.1) is 12.1 Å². The lowest BCUT2D eigenvalue weighted by Gasteiger charge is -2.21. The van der Waals surface area contributed by atoms with Crippen molar-refractivity contribution in [2.24, 2.45) is 5.92 Å². The molecule has 0 radical (unpaired) electrons. The van der Waals surface area contributed by atoms with E-state index in [0.29, 0.717) is 5.82 Å². The van der Waals surface area contributed by atoms with Crippen LogP contribution in [0.3, 0.4) is 0 Å². The maximum atomic E-state index is 13.0. The fraction of sp³-hybridized carbons (Fsp3) is 0.300. The van der Waals surface area contributed by atoms with Crippen LogP contribution in [0.15, 0.2) is 41.1 Å². The van der Waals surface area contributed by atoms with Crippen LogP contribution < -0.4 is 10.2 Å². The average molecular weight is 408 g/mol. The maximum absolute atomic E-state index is 13.0. The van der Waals surface area contributed by atoms with Crippen molar-refractivity contribution in [1.29, 1.82) is 0 Å². The van der Waals surface area contributed by atoms with E-state index >= 15 is 0 Å². The lowest BCUT2D eigenvalue weighted by atomic mass is 10.1. The molecule has 0 spiro atoms. The molecular formula is C20H17FN6O3. The van der Waals surface area contributed by atoms with Gasteiger partial charge in [0.1, 0.15) is 11.9 Å². The van der Waals surface area contributed by atoms with Crippen molar-refractivity contribution in [2.75, 3.05) is 11.9 Å². The second-order valence-electron chi connectivity index (χ2n) is 7.42. The molecular weight excluding hydrogens is 391 g/mol. The molecule has 1 aliphatic carbocycles. The molecule has 0 saturated heterocycles. The number of benzene rings is 1. The number of anilines is 1. The van der Waals surface area contributed by atoms with E-state index in [1.807, 2.05) is 0 Å². The van der Waals surface area contributed by atoms with Gasteiger partial charge in [-0.25, -0.2) is 9.37 Å². The quantitative estimate of drug-likeness (QED) is 0.695. The highest BCUT2D eigenvalue weighted by molar-refractivity contribution is 6.02. The minimum absolute atomic E-state index is 0.0524. The van der Waals surface area contributed by atoms with Gasteiger partial charge in [-0.05, 0) is 30.0 Å². The summed E-state index contributed by atoms with van der Waals surface area (Å²) in [6, 6.07) is 5.15. The van der Waals surface area contributed by atoms with E-state index in [9.17, 15) is 14.0 Å². The van der Waals surface area contributed by atoms with Crippen LogP contribution >= 0.6 is 0 Å². The summed E-state index contributed by atoms with van der Waals surface area (Å²) >= 11 is 0. The Morgan fingerprint density at radius 1 is 1.23 bits per heavy atom. The molecule has 2 amide bonds. The Kier molecular flexibility index (Phi) is 4.27. The van der Waals surface area contributed by atoms with Crippen molar-refractivity contribution < 1.29 is 18.4 Å². The second kappa shape index (κ2) is 6.97. The number of carbonyl (C=O) groups is 2. The van der Waals surface area contributed by atoms with Gasteiger partial charge in [0.2, 0.25) is 5.89 Å². The molecule has 1 aromatic carbocycles. The first-order chi connectivity index (χ1) is 14.5. The molecule has 2 aromatic heterocycles. The van der Waals surface area contributed by atoms with Crippen molar-refractivity contribution in [3.05, 3.63) is 65.5 Å². The number of carbonyl (C=O) groups excluding carboxylic acids is 2. The average Bonchev–Trinajstić information content (AvgIpc) is 3.42. The van der Waals surface area contributed by atoms with E-state index in [1.54, 1.807) is 31.6 Å². The van der Waals surface area contributed by atoms with Gasteiger partial charge in [0, 0.05) is 25.4 Å². The molecule has 1 N–H and O–H groups in total. The normalized spacial score (nSPS) is 22.1. The Morgan fingerprint density at radius 3 is 2.80 bits per heavy atom. The number of likely N-dealkylation sites (N-methyl/N-ethyl adjacent to an activating group) is 1. The van der Waals surface area contributed by atoms with Gasteiger partial charge in [0.15, 0.2) is 5.82 Å². The summed E-state index contributed by atoms with van der Waals surface area (Å²) in [5.41, 5.74) is 1.54. The highest BCUT2D eigenvalue weighted by Crippen LogP contribution is 2.53. The number of hydrogen-bond acceptors (Lipinski definition) is 7. The Labute approximate surface area is 170 Å². The van der Waals surface area contributed by atoms with Crippen LogP contribution in [-0.4, -0.2) is 45.1 Å². The standard InChI is InChI=1S/C20H17FN6O3/c1-27-17-15(22-6-7-23-17)12-9-13(12)16(20(27)29)24-18(28)19-26-25-14(30-19)8-10-2-4-11(21)5-3-10/h2-7,12-13,16H,8-9H2,1H3,(H,24,28). The largest absolute Gasteiger partial charge is 0.417 e. The maximum Gasteiger partial charge on any atom is 0.309 e. The monoisotopic (exact) mass is 408 g/mol. The SMILES string of the molecule is CN1C(=O)C(NC(=O)c2nnc(Cc3ccc(F)cc3)o2)C2CC2c2nccnc21. The summed E-state index contributed by atoms with van der Waals surface area (Å²) in [5.74, 6) is -0.676. The van der Waals surface area contributed by atoms with Gasteiger partial charge < -0.3 is 9.73 Å². The zero-order valence-electron chi connectivity index (χ0n) is 15.9. The summed E-state index contributed by atoms with van der Waals surface area (Å²) in [6.07, 6.45) is 4.16. The van der Waals surface area contributed by atoms with Crippen LogP contribution in [0.5, 0.6) is 0 Å². The lowest BCUT2D eigenvalue weighted by molar-refractivity contribution is -0.120. The first-order valence-corrected chi connectivity index (χ1v) is 9.47. The number of aromatic nitrogens is 4. The number of nitrogens with one attached hydrogen (secondary N) is 1. The first-order valence-electron chi connectivity index (χ1n) is 9.47. The van der Waals surface area contributed by atoms with E-state index in [0.717, 1.165) is 17.7 Å². The number of hydrogen-bond donors (Lipinski definition) is 1. The predicted molar refractivity (Wildman–Crippen MR) is 101 cm³/mol. The number of fused-ring (bicyclic) bond motifs is 3. The van der Waals surface area contributed by atoms with E-state index < -0.39 is 11.9 Å². The fourth-order valence-corrected chi connectivity index (χ4v) is 3.82. The van der Waals surface area contributed by atoms with Crippen molar-refractivity contribution >= 4 is 17.6 Å². The molecule has 0 bridgehead atoms. The molecule has 152 valence electrons. The van der Waals surface area contributed by atoms with Crippen LogP contribution in [0, 0.1) is 11.7 Å². The molecule has 3 aromatic rings. The van der Waals surface area contributed by atoms with Crippen LogP contribution in [-0.2, 0) is 11.2 Å². The zero-order valence-corrected chi connectivity index (χ0v) is 15.9. The number of amides is 2. The molecule has 3 unspecified atom stereocenters. The summed E-state index contributed by atoms with van der Waals surface area (Å²) in [7, 11) is 1.62. The van der Waals surface area contributed by atoms with Crippen LogP contribution in [0.25, 0.3) is 0 Å². The molecule has 9 nitrogen and oxygen atoms in total. The van der Waals surface area contributed by atoms with Gasteiger partial charge in [-0.2, -0.15) is 0 Å². The summed E-state index contributed by atoms with van der Waals surface area (Å²) in [4.78, 5) is 35.7. The van der Waals surface area contributed by atoms with Crippen LogP contribution in [0.1, 0.15) is 40.2 Å². The highest BCUT2D eigenvalue weighted by Gasteiger charge is 2.53. The van der Waals surface area contributed by atoms with Crippen LogP contribution in [0.4, 0.5) is 10.2 Å². The topological polar surface area (TPSA) is 114 Å². The molecule has 1 fully saturated rings. The zero-order chi connectivity index (χ0) is 20.8. The molecule has 3 atom stereocenters. The van der Waals surface area contributed by atoms with E-state index in [4.69, 9.17) is 4.42 Å².